The van der Waals surface area contributed by atoms with Crippen LogP contribution in [0.1, 0.15) is 36.2 Å². The lowest BCUT2D eigenvalue weighted by Gasteiger charge is -2.25. The summed E-state index contributed by atoms with van der Waals surface area (Å²) in [5.41, 5.74) is 4.11. The zero-order chi connectivity index (χ0) is 27.6. The van der Waals surface area contributed by atoms with Crippen LogP contribution in [0.3, 0.4) is 0 Å². The van der Waals surface area contributed by atoms with Crippen molar-refractivity contribution in [2.45, 2.75) is 32.2 Å². The predicted molar refractivity (Wildman–Crippen MR) is 165 cm³/mol. The van der Waals surface area contributed by atoms with E-state index in [0.29, 0.717) is 35.4 Å². The Morgan fingerprint density at radius 2 is 1.80 bits per heavy atom. The quantitative estimate of drug-likeness (QED) is 0.220. The molecule has 11 heteroatoms. The molecule has 0 aliphatic rings. The van der Waals surface area contributed by atoms with Crippen LogP contribution < -0.4 is 5.32 Å². The molecule has 0 saturated carbocycles. The molecule has 5 rings (SSSR count). The number of hydrogen-bond acceptors (Lipinski definition) is 6. The minimum absolute atomic E-state index is 0. The summed E-state index contributed by atoms with van der Waals surface area (Å²) in [7, 11) is 3.94. The normalized spacial score (nSPS) is 11.4. The van der Waals surface area contributed by atoms with E-state index in [-0.39, 0.29) is 30.4 Å². The Kier molecular flexibility index (Phi) is 10.4. The molecular weight excluding hydrogens is 564 g/mol. The maximum absolute atomic E-state index is 15.0. The first-order valence-corrected chi connectivity index (χ1v) is 13.0. The number of benzene rings is 2. The Balaban J connectivity index is 0.00000231. The molecule has 216 valence electrons. The molecule has 0 atom stereocenters. The van der Waals surface area contributed by atoms with Gasteiger partial charge in [0, 0.05) is 23.7 Å². The van der Waals surface area contributed by atoms with Crippen LogP contribution >= 0.6 is 24.8 Å². The van der Waals surface area contributed by atoms with Gasteiger partial charge >= 0.3 is 0 Å². The molecule has 0 bridgehead atoms. The zero-order valence-electron chi connectivity index (χ0n) is 23.5. The second-order valence-corrected chi connectivity index (χ2v) is 10.7. The maximum Gasteiger partial charge on any atom is 0.254 e. The monoisotopic (exact) mass is 597 g/mol. The molecule has 0 saturated heterocycles. The molecule has 2 aromatic carbocycles. The average Bonchev–Trinajstić information content (AvgIpc) is 3.35. The van der Waals surface area contributed by atoms with Crippen molar-refractivity contribution >= 4 is 52.8 Å². The lowest BCUT2D eigenvalue weighted by Crippen LogP contribution is -2.30. The highest BCUT2D eigenvalue weighted by molar-refractivity contribution is 5.95. The molecule has 0 fully saturated rings. The minimum atomic E-state index is -0.586. The highest BCUT2D eigenvalue weighted by Gasteiger charge is 2.26. The lowest BCUT2D eigenvalue weighted by atomic mass is 9.94. The summed E-state index contributed by atoms with van der Waals surface area (Å²) in [5, 5.41) is 12.6. The van der Waals surface area contributed by atoms with Gasteiger partial charge in [0.05, 0.1) is 22.3 Å². The molecule has 41 heavy (non-hydrogen) atoms. The number of fused-ring (bicyclic) bond motifs is 2. The number of amides is 1. The highest BCUT2D eigenvalue weighted by Crippen LogP contribution is 2.28. The van der Waals surface area contributed by atoms with Gasteiger partial charge in [-0.25, -0.2) is 14.1 Å². The van der Waals surface area contributed by atoms with Gasteiger partial charge in [-0.2, -0.15) is 0 Å². The molecule has 0 aliphatic carbocycles. The van der Waals surface area contributed by atoms with Crippen LogP contribution in [0.2, 0.25) is 0 Å². The van der Waals surface area contributed by atoms with Gasteiger partial charge in [0.1, 0.15) is 11.3 Å². The zero-order valence-corrected chi connectivity index (χ0v) is 25.1. The van der Waals surface area contributed by atoms with E-state index < -0.39 is 17.3 Å². The number of aromatic nitrogens is 5. The SMILES string of the molecule is CN(C)CCCNC(=O)c1ccc(-c2ccc3nnn(C(C)(C)Cc4ccc5ncccc5c4)c3n2)cc1F.Cl.Cl. The van der Waals surface area contributed by atoms with Crippen molar-refractivity contribution in [3.63, 3.8) is 0 Å². The van der Waals surface area contributed by atoms with E-state index in [1.54, 1.807) is 18.3 Å². The van der Waals surface area contributed by atoms with Crippen LogP contribution in [0.15, 0.2) is 66.9 Å². The molecule has 3 heterocycles. The number of hydrogen-bond donors (Lipinski definition) is 1. The Hall–Kier alpha value is -3.66. The van der Waals surface area contributed by atoms with E-state index in [1.165, 1.54) is 12.1 Å². The molecule has 0 unspecified atom stereocenters. The fourth-order valence-corrected chi connectivity index (χ4v) is 4.74. The van der Waals surface area contributed by atoms with Crippen molar-refractivity contribution in [3.05, 3.63) is 83.8 Å². The Morgan fingerprint density at radius 1 is 1.02 bits per heavy atom. The predicted octanol–water partition coefficient (Wildman–Crippen LogP) is 5.68. The maximum atomic E-state index is 15.0. The first kappa shape index (κ1) is 31.9. The number of carbonyl (C=O) groups is 1. The summed E-state index contributed by atoms with van der Waals surface area (Å²) in [6.07, 6.45) is 3.28. The topological polar surface area (TPSA) is 88.8 Å². The van der Waals surface area contributed by atoms with Gasteiger partial charge in [-0.05, 0) is 95.4 Å². The number of nitrogens with one attached hydrogen (secondary N) is 1. The summed E-state index contributed by atoms with van der Waals surface area (Å²) in [5.74, 6) is -1.01. The number of halogens is 3. The van der Waals surface area contributed by atoms with E-state index in [2.05, 4.69) is 52.7 Å². The Labute approximate surface area is 251 Å². The highest BCUT2D eigenvalue weighted by atomic mass is 35.5. The van der Waals surface area contributed by atoms with Crippen LogP contribution in [0, 0.1) is 5.82 Å². The lowest BCUT2D eigenvalue weighted by molar-refractivity contribution is 0.0948. The summed E-state index contributed by atoms with van der Waals surface area (Å²) < 4.78 is 16.8. The summed E-state index contributed by atoms with van der Waals surface area (Å²) in [6.45, 7) is 5.51. The number of rotatable bonds is 9. The van der Waals surface area contributed by atoms with Gasteiger partial charge in [-0.3, -0.25) is 9.78 Å². The van der Waals surface area contributed by atoms with E-state index >= 15 is 0 Å². The largest absolute Gasteiger partial charge is 0.352 e. The van der Waals surface area contributed by atoms with Gasteiger partial charge in [0.25, 0.3) is 5.91 Å². The fourth-order valence-electron chi connectivity index (χ4n) is 4.74. The molecule has 0 aliphatic heterocycles. The summed E-state index contributed by atoms with van der Waals surface area (Å²) >= 11 is 0. The first-order valence-electron chi connectivity index (χ1n) is 13.0. The van der Waals surface area contributed by atoms with Crippen molar-refractivity contribution in [1.82, 2.24) is 35.2 Å². The van der Waals surface area contributed by atoms with Crippen LogP contribution in [0.25, 0.3) is 33.3 Å². The van der Waals surface area contributed by atoms with Crippen molar-refractivity contribution < 1.29 is 9.18 Å². The van der Waals surface area contributed by atoms with E-state index in [1.807, 2.05) is 41.9 Å². The summed E-state index contributed by atoms with van der Waals surface area (Å²) in [6, 6.07) is 18.4. The first-order chi connectivity index (χ1) is 18.7. The van der Waals surface area contributed by atoms with Crippen LogP contribution in [-0.2, 0) is 12.0 Å². The second-order valence-electron chi connectivity index (χ2n) is 10.7. The molecule has 0 spiro atoms. The third kappa shape index (κ3) is 7.16. The molecular formula is C30H34Cl2FN7O. The van der Waals surface area contributed by atoms with E-state index in [0.717, 1.165) is 29.4 Å². The van der Waals surface area contributed by atoms with Crippen molar-refractivity contribution in [1.29, 1.82) is 0 Å². The Bertz CT molecular complexity index is 1660. The second kappa shape index (κ2) is 13.3. The van der Waals surface area contributed by atoms with Crippen molar-refractivity contribution in [2.24, 2.45) is 0 Å². The van der Waals surface area contributed by atoms with Gasteiger partial charge in [0.15, 0.2) is 5.65 Å². The molecule has 3 aromatic heterocycles. The van der Waals surface area contributed by atoms with Crippen molar-refractivity contribution in [3.8, 4) is 11.3 Å². The van der Waals surface area contributed by atoms with Crippen LogP contribution in [-0.4, -0.2) is 63.0 Å². The third-order valence-electron chi connectivity index (χ3n) is 6.75. The number of pyridine rings is 2. The fraction of sp³-hybridized carbons (Fsp3) is 0.300. The molecule has 1 N–H and O–H groups in total. The molecule has 0 radical (unpaired) electrons. The summed E-state index contributed by atoms with van der Waals surface area (Å²) in [4.78, 5) is 23.7. The molecule has 8 nitrogen and oxygen atoms in total. The van der Waals surface area contributed by atoms with Crippen LogP contribution in [0.4, 0.5) is 4.39 Å². The van der Waals surface area contributed by atoms with E-state index in [9.17, 15) is 9.18 Å². The van der Waals surface area contributed by atoms with Gasteiger partial charge in [-0.1, -0.05) is 23.4 Å². The van der Waals surface area contributed by atoms with Crippen molar-refractivity contribution in [2.75, 3.05) is 27.2 Å². The van der Waals surface area contributed by atoms with Gasteiger partial charge < -0.3 is 10.2 Å². The standard InChI is InChI=1S/C30H32FN7O.2ClH/c1-30(2,19-20-8-11-25-21(17-20)7-5-14-32-25)38-28-27(35-36-38)13-12-26(34-28)22-9-10-23(24(31)18-22)29(39)33-15-6-16-37(3)4;;/h5,7-14,17-18H,6,15-16,19H2,1-4H3,(H,33,39);2*1H. The van der Waals surface area contributed by atoms with Gasteiger partial charge in [0.2, 0.25) is 0 Å². The number of carbonyl (C=O) groups excluding carboxylic acids is 1. The smallest absolute Gasteiger partial charge is 0.254 e. The third-order valence-corrected chi connectivity index (χ3v) is 6.75. The molecule has 1 amide bonds. The Morgan fingerprint density at radius 3 is 2.56 bits per heavy atom. The van der Waals surface area contributed by atoms with Crippen LogP contribution in [0.5, 0.6) is 0 Å². The number of nitrogens with zero attached hydrogens (tertiary/aromatic N) is 6. The van der Waals surface area contributed by atoms with Gasteiger partial charge in [-0.15, -0.1) is 29.9 Å². The average molecular weight is 599 g/mol. The van der Waals surface area contributed by atoms with E-state index in [4.69, 9.17) is 4.98 Å². The minimum Gasteiger partial charge on any atom is -0.352 e. The molecule has 5 aromatic rings.